The highest BCUT2D eigenvalue weighted by Gasteiger charge is 2.31. The number of hydrogen-bond acceptors (Lipinski definition) is 3. The molecule has 1 N–H and O–H groups in total. The Hall–Kier alpha value is -2.91. The molecule has 0 radical (unpaired) electrons. The van der Waals surface area contributed by atoms with E-state index in [0.29, 0.717) is 6.07 Å². The predicted octanol–water partition coefficient (Wildman–Crippen LogP) is 5.15. The lowest BCUT2D eigenvalue weighted by Gasteiger charge is -2.13. The third-order valence-corrected chi connectivity index (χ3v) is 2.87. The molecule has 0 aliphatic rings. The van der Waals surface area contributed by atoms with Gasteiger partial charge in [-0.15, -0.1) is 13.2 Å². The van der Waals surface area contributed by atoms with Gasteiger partial charge < -0.3 is 14.6 Å². The van der Waals surface area contributed by atoms with Gasteiger partial charge in [0.1, 0.15) is 28.6 Å². The number of ether oxygens (including phenoxy) is 2. The van der Waals surface area contributed by atoms with Crippen LogP contribution in [0.2, 0.25) is 0 Å². The summed E-state index contributed by atoms with van der Waals surface area (Å²) in [5.74, 6) is -4.79. The van der Waals surface area contributed by atoms with Crippen molar-refractivity contribution in [2.24, 2.45) is 0 Å². The van der Waals surface area contributed by atoms with Gasteiger partial charge in [-0.25, -0.2) is 18.0 Å². The summed E-state index contributed by atoms with van der Waals surface area (Å²) in [6.45, 7) is 0. The van der Waals surface area contributed by atoms with E-state index >= 15 is 0 Å². The molecule has 0 heterocycles. The minimum atomic E-state index is -4.90. The van der Waals surface area contributed by atoms with Crippen LogP contribution >= 0.6 is 0 Å². The maximum absolute atomic E-state index is 13.9. The Kier molecular flexibility index (Phi) is 5.10. The van der Waals surface area contributed by atoms with Gasteiger partial charge in [0, 0.05) is 0 Å². The van der Waals surface area contributed by atoms with Crippen LogP contribution in [0.25, 0.3) is 0 Å². The lowest BCUT2D eigenvalue weighted by molar-refractivity contribution is -0.274. The van der Waals surface area contributed by atoms with E-state index in [0.717, 1.165) is 30.3 Å². The van der Waals surface area contributed by atoms with Crippen LogP contribution in [-0.2, 0) is 0 Å². The number of carboxylic acid groups (broad SMARTS) is 1. The fourth-order valence-corrected chi connectivity index (χ4v) is 1.86. The van der Waals surface area contributed by atoms with Crippen LogP contribution in [0.1, 0.15) is 22.3 Å². The standard InChI is InChI=1S/C15H8F6O4/c16-12-9(13(17)18)5-6-10(11(12)14(22)23)24-7-1-3-8(4-2-7)25-15(19,20)21/h1-6,13H,(H,22,23). The van der Waals surface area contributed by atoms with E-state index in [2.05, 4.69) is 4.74 Å². The SMILES string of the molecule is O=C(O)c1c(Oc2ccc(OC(F)(F)F)cc2)ccc(C(F)F)c1F. The van der Waals surface area contributed by atoms with E-state index in [9.17, 15) is 31.1 Å². The van der Waals surface area contributed by atoms with Gasteiger partial charge in [-0.3, -0.25) is 0 Å². The Balaban J connectivity index is 2.31. The monoisotopic (exact) mass is 366 g/mol. The molecule has 10 heteroatoms. The van der Waals surface area contributed by atoms with Gasteiger partial charge >= 0.3 is 12.3 Å². The van der Waals surface area contributed by atoms with Crippen LogP contribution in [0.3, 0.4) is 0 Å². The highest BCUT2D eigenvalue weighted by atomic mass is 19.4. The van der Waals surface area contributed by atoms with Gasteiger partial charge in [0.2, 0.25) is 0 Å². The van der Waals surface area contributed by atoms with Gasteiger partial charge in [0.25, 0.3) is 6.43 Å². The lowest BCUT2D eigenvalue weighted by atomic mass is 10.1. The zero-order valence-corrected chi connectivity index (χ0v) is 12.0. The first kappa shape index (κ1) is 18.4. The van der Waals surface area contributed by atoms with Crippen LogP contribution in [-0.4, -0.2) is 17.4 Å². The highest BCUT2D eigenvalue weighted by molar-refractivity contribution is 5.91. The van der Waals surface area contributed by atoms with Crippen LogP contribution in [0, 0.1) is 5.82 Å². The Bertz CT molecular complexity index is 771. The molecule has 2 rings (SSSR count). The maximum atomic E-state index is 13.9. The first-order valence-electron chi connectivity index (χ1n) is 6.46. The van der Waals surface area contributed by atoms with Crippen molar-refractivity contribution in [2.75, 3.05) is 0 Å². The maximum Gasteiger partial charge on any atom is 0.573 e. The third-order valence-electron chi connectivity index (χ3n) is 2.87. The third kappa shape index (κ3) is 4.55. The number of halogens is 6. The quantitative estimate of drug-likeness (QED) is 0.744. The average Bonchev–Trinajstić information content (AvgIpc) is 2.47. The van der Waals surface area contributed by atoms with Crippen molar-refractivity contribution in [2.45, 2.75) is 12.8 Å². The number of hydrogen-bond donors (Lipinski definition) is 1. The first-order valence-corrected chi connectivity index (χ1v) is 6.46. The minimum Gasteiger partial charge on any atom is -0.477 e. The van der Waals surface area contributed by atoms with Gasteiger partial charge in [-0.05, 0) is 36.4 Å². The second-order valence-corrected chi connectivity index (χ2v) is 4.57. The molecule has 0 atom stereocenters. The van der Waals surface area contributed by atoms with Crippen LogP contribution in [0.5, 0.6) is 17.2 Å². The summed E-state index contributed by atoms with van der Waals surface area (Å²) in [7, 11) is 0. The van der Waals surface area contributed by atoms with E-state index in [4.69, 9.17) is 9.84 Å². The molecule has 0 spiro atoms. The first-order chi connectivity index (χ1) is 11.6. The molecule has 2 aromatic carbocycles. The molecule has 0 aromatic heterocycles. The summed E-state index contributed by atoms with van der Waals surface area (Å²) >= 11 is 0. The molecule has 0 unspecified atom stereocenters. The zero-order chi connectivity index (χ0) is 18.8. The van der Waals surface area contributed by atoms with E-state index in [1.165, 1.54) is 0 Å². The van der Waals surface area contributed by atoms with Crippen molar-refractivity contribution in [3.63, 3.8) is 0 Å². The van der Waals surface area contributed by atoms with Crippen LogP contribution < -0.4 is 9.47 Å². The molecule has 0 amide bonds. The summed E-state index contributed by atoms with van der Waals surface area (Å²) in [4.78, 5) is 11.1. The molecule has 0 saturated carbocycles. The minimum absolute atomic E-state index is 0.152. The normalized spacial score (nSPS) is 11.5. The molecular weight excluding hydrogens is 358 g/mol. The molecule has 0 saturated heterocycles. The topological polar surface area (TPSA) is 55.8 Å². The van der Waals surface area contributed by atoms with E-state index in [-0.39, 0.29) is 5.75 Å². The number of benzene rings is 2. The molecule has 0 bridgehead atoms. The second kappa shape index (κ2) is 6.91. The molecule has 4 nitrogen and oxygen atoms in total. The highest BCUT2D eigenvalue weighted by Crippen LogP contribution is 2.33. The van der Waals surface area contributed by atoms with Gasteiger partial charge in [-0.1, -0.05) is 0 Å². The van der Waals surface area contributed by atoms with Crippen molar-refractivity contribution >= 4 is 5.97 Å². The molecule has 0 aliphatic heterocycles. The Morgan fingerprint density at radius 2 is 1.56 bits per heavy atom. The average molecular weight is 366 g/mol. The molecule has 0 fully saturated rings. The summed E-state index contributed by atoms with van der Waals surface area (Å²) in [5, 5.41) is 8.99. The van der Waals surface area contributed by atoms with Crippen molar-refractivity contribution in [3.8, 4) is 17.2 Å². The van der Waals surface area contributed by atoms with Gasteiger partial charge in [-0.2, -0.15) is 0 Å². The largest absolute Gasteiger partial charge is 0.573 e. The predicted molar refractivity (Wildman–Crippen MR) is 71.5 cm³/mol. The van der Waals surface area contributed by atoms with Crippen LogP contribution in [0.15, 0.2) is 36.4 Å². The van der Waals surface area contributed by atoms with E-state index < -0.39 is 47.2 Å². The van der Waals surface area contributed by atoms with Gasteiger partial charge in [0.05, 0.1) is 5.56 Å². The Labute approximate surface area is 136 Å². The van der Waals surface area contributed by atoms with Crippen LogP contribution in [0.4, 0.5) is 26.3 Å². The van der Waals surface area contributed by atoms with Crippen molar-refractivity contribution in [1.29, 1.82) is 0 Å². The molecule has 0 aliphatic carbocycles. The zero-order valence-electron chi connectivity index (χ0n) is 12.0. The van der Waals surface area contributed by atoms with E-state index in [1.807, 2.05) is 0 Å². The smallest absolute Gasteiger partial charge is 0.477 e. The lowest BCUT2D eigenvalue weighted by Crippen LogP contribution is -2.16. The van der Waals surface area contributed by atoms with Crippen molar-refractivity contribution < 1.29 is 45.7 Å². The number of carbonyl (C=O) groups is 1. The van der Waals surface area contributed by atoms with Gasteiger partial charge in [0.15, 0.2) is 0 Å². The fraction of sp³-hybridized carbons (Fsp3) is 0.133. The number of alkyl halides is 5. The van der Waals surface area contributed by atoms with Crippen molar-refractivity contribution in [1.82, 2.24) is 0 Å². The number of aromatic carboxylic acids is 1. The molecule has 2 aromatic rings. The molecule has 134 valence electrons. The summed E-state index contributed by atoms with van der Waals surface area (Å²) in [6.07, 6.45) is -8.13. The van der Waals surface area contributed by atoms with E-state index in [1.54, 1.807) is 0 Å². The Morgan fingerprint density at radius 1 is 1.00 bits per heavy atom. The summed E-state index contributed by atoms with van der Waals surface area (Å²) in [5.41, 5.74) is -2.23. The van der Waals surface area contributed by atoms with Crippen molar-refractivity contribution in [3.05, 3.63) is 53.3 Å². The second-order valence-electron chi connectivity index (χ2n) is 4.57. The molecule has 25 heavy (non-hydrogen) atoms. The fourth-order valence-electron chi connectivity index (χ4n) is 1.86. The summed E-state index contributed by atoms with van der Waals surface area (Å²) < 4.78 is 84.0. The Morgan fingerprint density at radius 3 is 2.04 bits per heavy atom. The summed E-state index contributed by atoms with van der Waals surface area (Å²) in [6, 6.07) is 5.26. The number of rotatable bonds is 5. The molecular formula is C15H8F6O4. The number of carboxylic acids is 1.